The van der Waals surface area contributed by atoms with Gasteiger partial charge in [-0.1, -0.05) is 0 Å². The number of rotatable bonds is 12. The van der Waals surface area contributed by atoms with E-state index in [4.69, 9.17) is 9.49 Å². The Labute approximate surface area is 348 Å². The summed E-state index contributed by atoms with van der Waals surface area (Å²) in [6, 6.07) is 58.7. The molecule has 0 spiro atoms. The van der Waals surface area contributed by atoms with Gasteiger partial charge in [0.25, 0.3) is 0 Å². The number of nitrogens with zero attached hydrogens (tertiary/aromatic N) is 2. The summed E-state index contributed by atoms with van der Waals surface area (Å²) in [7, 11) is -5.52. The summed E-state index contributed by atoms with van der Waals surface area (Å²) in [4.78, 5) is 0. The second-order valence-corrected chi connectivity index (χ2v) is 24.8. The van der Waals surface area contributed by atoms with E-state index in [0.29, 0.717) is 23.7 Å². The van der Waals surface area contributed by atoms with E-state index in [1.54, 1.807) is 0 Å². The van der Waals surface area contributed by atoms with Gasteiger partial charge in [0.1, 0.15) is 0 Å². The number of hydrogen-bond donors (Lipinski definition) is 0. The summed E-state index contributed by atoms with van der Waals surface area (Å²) >= 11 is 0.934. The Kier molecular flexibility index (Phi) is 13.4. The van der Waals surface area contributed by atoms with Gasteiger partial charge in [0.15, 0.2) is 0 Å². The monoisotopic (exact) mass is 772 g/mol. The second kappa shape index (κ2) is 17.8. The molecule has 6 aromatic carbocycles. The molecule has 0 aliphatic rings. The van der Waals surface area contributed by atoms with Crippen LogP contribution in [0.3, 0.4) is 0 Å². The maximum absolute atomic E-state index is 6.42. The molecule has 54 heavy (non-hydrogen) atoms. The summed E-state index contributed by atoms with van der Waals surface area (Å²) in [6.45, 7) is 18.5. The summed E-state index contributed by atoms with van der Waals surface area (Å²) in [5, 5.41) is 5.11. The van der Waals surface area contributed by atoms with Crippen LogP contribution in [0.4, 0.5) is 11.4 Å². The zero-order chi connectivity index (χ0) is 38.5. The van der Waals surface area contributed by atoms with Crippen LogP contribution < -0.4 is 21.2 Å². The zero-order valence-corrected chi connectivity index (χ0v) is 37.3. The van der Waals surface area contributed by atoms with E-state index >= 15 is 0 Å². The Balaban J connectivity index is 1.95. The number of benzene rings is 6. The molecule has 0 atom stereocenters. The minimum absolute atomic E-state index is 0.311. The fourth-order valence-corrected chi connectivity index (χ4v) is 21.0. The fourth-order valence-electron chi connectivity index (χ4n) is 7.58. The SMILES string of the molecule is CC(C)c1cccc(C(C)C)c1N=P([C](=[Ca])P(=Nc1c(C(C)C)cccc1C(C)C)(c1ccccc1)c1ccccc1)(c1ccccc1)c1ccccc1. The van der Waals surface area contributed by atoms with Crippen molar-refractivity contribution in [2.45, 2.75) is 79.1 Å². The van der Waals surface area contributed by atoms with E-state index in [-0.39, 0.29) is 0 Å². The third kappa shape index (κ3) is 7.94. The minimum atomic E-state index is -2.76. The fraction of sp³-hybridized carbons (Fsp3) is 0.245. The van der Waals surface area contributed by atoms with Gasteiger partial charge in [-0.2, -0.15) is 0 Å². The average Bonchev–Trinajstić information content (AvgIpc) is 3.19. The normalized spacial score (nSPS) is 12.1. The van der Waals surface area contributed by atoms with Crippen molar-refractivity contribution >= 4 is 83.0 Å². The van der Waals surface area contributed by atoms with E-state index in [0.717, 1.165) is 46.6 Å². The molecular formula is C49H54CaN2P2. The maximum atomic E-state index is 6.42. The molecule has 0 aliphatic heterocycles. The summed E-state index contributed by atoms with van der Waals surface area (Å²) in [5.41, 5.74) is 7.52. The van der Waals surface area contributed by atoms with E-state index in [1.807, 2.05) is 0 Å². The molecule has 0 radical (unpaired) electrons. The first-order chi connectivity index (χ1) is 26.0. The molecule has 0 unspecified atom stereocenters. The molecule has 6 aromatic rings. The van der Waals surface area contributed by atoms with Gasteiger partial charge in [-0.3, -0.25) is 0 Å². The van der Waals surface area contributed by atoms with Crippen molar-refractivity contribution in [3.8, 4) is 0 Å². The zero-order valence-electron chi connectivity index (χ0n) is 33.3. The van der Waals surface area contributed by atoms with Crippen LogP contribution in [0, 0.1) is 0 Å². The second-order valence-electron chi connectivity index (χ2n) is 15.4. The Morgan fingerprint density at radius 1 is 0.352 bits per heavy atom. The molecule has 0 saturated heterocycles. The van der Waals surface area contributed by atoms with Gasteiger partial charge >= 0.3 is 352 Å². The Morgan fingerprint density at radius 3 is 0.778 bits per heavy atom. The predicted octanol–water partition coefficient (Wildman–Crippen LogP) is 13.1. The molecule has 0 aliphatic carbocycles. The quantitative estimate of drug-likeness (QED) is 0.0874. The molecule has 2 nitrogen and oxygen atoms in total. The Morgan fingerprint density at radius 2 is 0.574 bits per heavy atom. The van der Waals surface area contributed by atoms with Crippen LogP contribution in [0.25, 0.3) is 0 Å². The van der Waals surface area contributed by atoms with Gasteiger partial charge in [-0.25, -0.2) is 0 Å². The molecule has 0 aromatic heterocycles. The molecule has 0 N–H and O–H groups in total. The number of hydrogen-bond acceptors (Lipinski definition) is 2. The molecule has 272 valence electrons. The van der Waals surface area contributed by atoms with Crippen LogP contribution in [0.5, 0.6) is 0 Å². The van der Waals surface area contributed by atoms with Crippen LogP contribution in [0.1, 0.15) is 101 Å². The molecule has 0 saturated carbocycles. The molecule has 0 fully saturated rings. The summed E-state index contributed by atoms with van der Waals surface area (Å²) in [5.74, 6) is 1.25. The summed E-state index contributed by atoms with van der Waals surface area (Å²) < 4.78 is 14.3. The van der Waals surface area contributed by atoms with E-state index < -0.39 is 14.1 Å². The van der Waals surface area contributed by atoms with Crippen molar-refractivity contribution in [2.24, 2.45) is 9.49 Å². The standard InChI is InChI=1S/C49H54N2P2.Ca/c1-36(2)44-31-21-32-45(37(3)4)48(44)50-52(40-23-13-9-14-24-40,41-25-15-10-16-26-41)35-53(42-27-17-11-18-28-42,43-29-19-12-20-30-43)51-49-46(38(5)6)33-22-34-47(49)39(7)8;/h9-34,36-39H,1-8H3;. The molecule has 5 heteroatoms. The average molecular weight is 773 g/mol. The van der Waals surface area contributed by atoms with Crippen molar-refractivity contribution < 1.29 is 0 Å². The van der Waals surface area contributed by atoms with Crippen molar-refractivity contribution in [1.29, 1.82) is 0 Å². The Hall–Kier alpha value is -3.09. The van der Waals surface area contributed by atoms with Crippen LogP contribution in [0.2, 0.25) is 0 Å². The van der Waals surface area contributed by atoms with Gasteiger partial charge in [0, 0.05) is 0 Å². The molecule has 6 rings (SSSR count). The van der Waals surface area contributed by atoms with E-state index in [2.05, 4.69) is 213 Å². The first kappa shape index (κ1) is 40.6. The third-order valence-electron chi connectivity index (χ3n) is 10.5. The molecule has 0 amide bonds. The van der Waals surface area contributed by atoms with Gasteiger partial charge in [0.2, 0.25) is 0 Å². The molecule has 0 heterocycles. The summed E-state index contributed by atoms with van der Waals surface area (Å²) in [6.07, 6.45) is 0. The van der Waals surface area contributed by atoms with E-state index in [9.17, 15) is 0 Å². The van der Waals surface area contributed by atoms with Crippen molar-refractivity contribution in [1.82, 2.24) is 0 Å². The molecule has 0 bridgehead atoms. The van der Waals surface area contributed by atoms with Crippen LogP contribution in [-0.2, 0) is 0 Å². The topological polar surface area (TPSA) is 24.7 Å². The third-order valence-corrected chi connectivity index (χ3v) is 23.2. The van der Waals surface area contributed by atoms with Gasteiger partial charge in [-0.05, 0) is 0 Å². The van der Waals surface area contributed by atoms with Crippen LogP contribution >= 0.6 is 14.1 Å². The Bertz CT molecular complexity index is 2010. The van der Waals surface area contributed by atoms with Crippen molar-refractivity contribution in [2.75, 3.05) is 0 Å². The van der Waals surface area contributed by atoms with Gasteiger partial charge in [0.05, 0.1) is 0 Å². The first-order valence-corrected chi connectivity index (χ1v) is 24.0. The van der Waals surface area contributed by atoms with Crippen molar-refractivity contribution in [3.63, 3.8) is 0 Å². The van der Waals surface area contributed by atoms with E-state index in [1.165, 1.54) is 44.5 Å². The van der Waals surface area contributed by atoms with Gasteiger partial charge in [-0.15, -0.1) is 0 Å². The van der Waals surface area contributed by atoms with Crippen LogP contribution in [-0.4, -0.2) is 36.3 Å². The molecular weight excluding hydrogens is 719 g/mol. The van der Waals surface area contributed by atoms with Crippen LogP contribution in [0.15, 0.2) is 167 Å². The van der Waals surface area contributed by atoms with Gasteiger partial charge < -0.3 is 0 Å². The predicted molar refractivity (Wildman–Crippen MR) is 242 cm³/mol. The first-order valence-electron chi connectivity index (χ1n) is 19.4. The van der Waals surface area contributed by atoms with Crippen molar-refractivity contribution in [3.05, 3.63) is 180 Å².